The van der Waals surface area contributed by atoms with Crippen LogP contribution in [-0.4, -0.2) is 17.6 Å². The van der Waals surface area contributed by atoms with Gasteiger partial charge in [0.15, 0.2) is 0 Å². The summed E-state index contributed by atoms with van der Waals surface area (Å²) in [6.45, 7) is 6.97. The molecule has 0 fully saturated rings. The van der Waals surface area contributed by atoms with Gasteiger partial charge in [-0.3, -0.25) is 4.79 Å². The average molecular weight is 600 g/mol. The number of carbonyl (C=O) groups excluding carboxylic acids is 1. The molecule has 0 aromatic heterocycles. The lowest BCUT2D eigenvalue weighted by molar-refractivity contribution is -0.120. The van der Waals surface area contributed by atoms with Crippen LogP contribution in [0.15, 0.2) is 66.7 Å². The number of carbonyl (C=O) groups is 1. The molecule has 0 saturated carbocycles. The zero-order valence-electron chi connectivity index (χ0n) is 24.3. The summed E-state index contributed by atoms with van der Waals surface area (Å²) in [6, 6.07) is 22.5. The number of nitrogens with one attached hydrogen (secondary N) is 1. The number of phenols is 1. The minimum atomic E-state index is -0.258. The number of phenolic OH excluding ortho intramolecular Hbond substituents is 1. The first-order valence-electron chi connectivity index (χ1n) is 14.8. The van der Waals surface area contributed by atoms with Gasteiger partial charge in [-0.05, 0) is 90.1 Å². The monoisotopic (exact) mass is 598 g/mol. The minimum Gasteiger partial charge on any atom is -0.507 e. The molecule has 2 N–H and O–H groups in total. The quantitative estimate of drug-likeness (QED) is 0.234. The third kappa shape index (κ3) is 4.95. The summed E-state index contributed by atoms with van der Waals surface area (Å²) >= 11 is 13.8. The van der Waals surface area contributed by atoms with E-state index in [2.05, 4.69) is 58.7 Å². The maximum absolute atomic E-state index is 12.7. The molecule has 4 aromatic carbocycles. The maximum Gasteiger partial charge on any atom is 0.219 e. The van der Waals surface area contributed by atoms with Crippen LogP contribution in [0, 0.1) is 13.8 Å². The average Bonchev–Trinajstić information content (AvgIpc) is 3.42. The molecule has 2 aliphatic rings. The van der Waals surface area contributed by atoms with Gasteiger partial charge in [0.1, 0.15) is 5.75 Å². The smallest absolute Gasteiger partial charge is 0.219 e. The van der Waals surface area contributed by atoms with Crippen LogP contribution in [0.5, 0.6) is 5.75 Å². The molecule has 1 atom stereocenters. The van der Waals surface area contributed by atoms with Gasteiger partial charge in [0.05, 0.1) is 6.04 Å². The third-order valence-corrected chi connectivity index (χ3v) is 9.83. The summed E-state index contributed by atoms with van der Waals surface area (Å²) in [4.78, 5) is 15.0. The van der Waals surface area contributed by atoms with Crippen molar-refractivity contribution in [3.05, 3.63) is 127 Å². The van der Waals surface area contributed by atoms with Gasteiger partial charge in [-0.1, -0.05) is 84.7 Å². The molecular formula is C36H36Cl2N2O2. The molecule has 4 nitrogen and oxygen atoms in total. The van der Waals surface area contributed by atoms with Gasteiger partial charge in [0.2, 0.25) is 5.91 Å². The van der Waals surface area contributed by atoms with Crippen molar-refractivity contribution in [2.75, 3.05) is 11.4 Å². The second kappa shape index (κ2) is 11.7. The zero-order chi connectivity index (χ0) is 29.5. The molecule has 0 radical (unpaired) electrons. The van der Waals surface area contributed by atoms with Gasteiger partial charge >= 0.3 is 0 Å². The van der Waals surface area contributed by atoms with Gasteiger partial charge < -0.3 is 15.3 Å². The van der Waals surface area contributed by atoms with Gasteiger partial charge in [-0.15, -0.1) is 0 Å². The number of hydrogen-bond acceptors (Lipinski definition) is 3. The van der Waals surface area contributed by atoms with E-state index in [4.69, 9.17) is 23.2 Å². The van der Waals surface area contributed by atoms with Crippen LogP contribution >= 0.6 is 23.2 Å². The first-order chi connectivity index (χ1) is 20.3. The van der Waals surface area contributed by atoms with Crippen molar-refractivity contribution in [1.82, 2.24) is 5.32 Å². The Balaban J connectivity index is 1.59. The fourth-order valence-electron chi connectivity index (χ4n) is 7.19. The lowest BCUT2D eigenvalue weighted by atomic mass is 9.82. The lowest BCUT2D eigenvalue weighted by Gasteiger charge is -2.42. The van der Waals surface area contributed by atoms with E-state index in [9.17, 15) is 9.90 Å². The minimum absolute atomic E-state index is 0.000299. The van der Waals surface area contributed by atoms with Crippen LogP contribution in [-0.2, 0) is 30.6 Å². The molecular weight excluding hydrogens is 563 g/mol. The summed E-state index contributed by atoms with van der Waals surface area (Å²) in [6.07, 6.45) is 3.05. The highest BCUT2D eigenvalue weighted by Crippen LogP contribution is 2.50. The highest BCUT2D eigenvalue weighted by molar-refractivity contribution is 6.36. The SMILES string of the molecule is CCC(=O)NCc1c(C2Cc3ccccc3C2)c(C)c(O)c(C)c1N1CCc2ccccc2[C@@H]1c1c(Cl)cccc1Cl. The zero-order valence-corrected chi connectivity index (χ0v) is 25.8. The molecule has 0 saturated heterocycles. The Hall–Kier alpha value is -3.47. The molecule has 0 spiro atoms. The number of nitrogens with zero attached hydrogens (tertiary/aromatic N) is 1. The summed E-state index contributed by atoms with van der Waals surface area (Å²) in [7, 11) is 0. The number of anilines is 1. The van der Waals surface area contributed by atoms with Crippen LogP contribution < -0.4 is 10.2 Å². The summed E-state index contributed by atoms with van der Waals surface area (Å²) in [5.74, 6) is 0.504. The van der Waals surface area contributed by atoms with E-state index in [0.717, 1.165) is 58.3 Å². The normalized spacial score (nSPS) is 16.3. The molecule has 1 aliphatic heterocycles. The number of halogens is 2. The molecule has 6 rings (SSSR count). The topological polar surface area (TPSA) is 52.6 Å². The number of aromatic hydroxyl groups is 1. The lowest BCUT2D eigenvalue weighted by Crippen LogP contribution is -2.38. The number of amides is 1. The van der Waals surface area contributed by atoms with Crippen molar-refractivity contribution in [1.29, 1.82) is 0 Å². The standard InChI is InChI=1S/C36H36Cl2N2O2/c1-4-31(41)39-20-28-32(26-18-24-11-5-6-12-25(24)19-26)21(2)36(42)22(3)34(28)40-17-16-23-10-7-8-13-27(23)35(40)33-29(37)14-9-15-30(33)38/h5-15,26,35,42H,4,16-20H2,1-3H3,(H,39,41)/t35-/m1/s1. The number of hydrogen-bond donors (Lipinski definition) is 2. The molecule has 1 amide bonds. The van der Waals surface area contributed by atoms with Crippen LogP contribution in [0.25, 0.3) is 0 Å². The molecule has 1 aliphatic carbocycles. The highest BCUT2D eigenvalue weighted by atomic mass is 35.5. The van der Waals surface area contributed by atoms with Gasteiger partial charge in [-0.25, -0.2) is 0 Å². The van der Waals surface area contributed by atoms with Gasteiger partial charge in [0, 0.05) is 46.4 Å². The van der Waals surface area contributed by atoms with Crippen molar-refractivity contribution in [2.24, 2.45) is 0 Å². The molecule has 1 heterocycles. The number of benzene rings is 4. The van der Waals surface area contributed by atoms with Crippen molar-refractivity contribution >= 4 is 34.8 Å². The first-order valence-corrected chi connectivity index (χ1v) is 15.5. The van der Waals surface area contributed by atoms with Crippen LogP contribution in [0.4, 0.5) is 5.69 Å². The van der Waals surface area contributed by atoms with E-state index >= 15 is 0 Å². The van der Waals surface area contributed by atoms with E-state index in [1.807, 2.05) is 39.0 Å². The predicted molar refractivity (Wildman–Crippen MR) is 172 cm³/mol. The Morgan fingerprint density at radius 1 is 0.881 bits per heavy atom. The Kier molecular flexibility index (Phi) is 7.95. The number of rotatable bonds is 6. The van der Waals surface area contributed by atoms with E-state index in [0.29, 0.717) is 35.3 Å². The van der Waals surface area contributed by atoms with Crippen molar-refractivity contribution < 1.29 is 9.90 Å². The summed E-state index contributed by atoms with van der Waals surface area (Å²) < 4.78 is 0. The summed E-state index contributed by atoms with van der Waals surface area (Å²) in [5.41, 5.74) is 10.8. The fraction of sp³-hybridized carbons (Fsp3) is 0.306. The Labute approximate surface area is 258 Å². The second-order valence-electron chi connectivity index (χ2n) is 11.5. The summed E-state index contributed by atoms with van der Waals surface area (Å²) in [5, 5.41) is 16.1. The number of fused-ring (bicyclic) bond motifs is 2. The van der Waals surface area contributed by atoms with Crippen LogP contribution in [0.1, 0.15) is 75.4 Å². The highest BCUT2D eigenvalue weighted by Gasteiger charge is 2.37. The Bertz CT molecular complexity index is 1640. The molecule has 42 heavy (non-hydrogen) atoms. The van der Waals surface area contributed by atoms with Crippen molar-refractivity contribution in [2.45, 2.75) is 65.0 Å². The third-order valence-electron chi connectivity index (χ3n) is 9.17. The second-order valence-corrected chi connectivity index (χ2v) is 12.3. The van der Waals surface area contributed by atoms with Gasteiger partial charge in [-0.2, -0.15) is 0 Å². The van der Waals surface area contributed by atoms with Crippen LogP contribution in [0.2, 0.25) is 10.0 Å². The predicted octanol–water partition coefficient (Wildman–Crippen LogP) is 8.38. The molecule has 0 unspecified atom stereocenters. The van der Waals surface area contributed by atoms with E-state index in [1.165, 1.54) is 16.7 Å². The first kappa shape index (κ1) is 28.6. The Morgan fingerprint density at radius 3 is 2.14 bits per heavy atom. The maximum atomic E-state index is 12.7. The van der Waals surface area contributed by atoms with Crippen molar-refractivity contribution in [3.8, 4) is 5.75 Å². The van der Waals surface area contributed by atoms with E-state index in [-0.39, 0.29) is 17.9 Å². The van der Waals surface area contributed by atoms with Crippen molar-refractivity contribution in [3.63, 3.8) is 0 Å². The van der Waals surface area contributed by atoms with Crippen LogP contribution in [0.3, 0.4) is 0 Å². The Morgan fingerprint density at radius 2 is 1.50 bits per heavy atom. The van der Waals surface area contributed by atoms with E-state index in [1.54, 1.807) is 0 Å². The molecule has 216 valence electrons. The largest absolute Gasteiger partial charge is 0.507 e. The molecule has 6 heteroatoms. The van der Waals surface area contributed by atoms with Gasteiger partial charge in [0.25, 0.3) is 0 Å². The van der Waals surface area contributed by atoms with E-state index < -0.39 is 0 Å². The molecule has 4 aromatic rings. The molecule has 0 bridgehead atoms. The fourth-order valence-corrected chi connectivity index (χ4v) is 7.79.